The zero-order valence-electron chi connectivity index (χ0n) is 17.8. The molecule has 3 nitrogen and oxygen atoms in total. The molecule has 0 fully saturated rings. The lowest BCUT2D eigenvalue weighted by Crippen LogP contribution is -1.99. The molecule has 0 amide bonds. The maximum Gasteiger partial charge on any atom is 0.137 e. The van der Waals surface area contributed by atoms with Gasteiger partial charge in [0.15, 0.2) is 0 Å². The van der Waals surface area contributed by atoms with Crippen LogP contribution in [0, 0.1) is 0 Å². The highest BCUT2D eigenvalue weighted by atomic mass is 16.3. The molecular weight excluding hydrogens is 404 g/mol. The highest BCUT2D eigenvalue weighted by Gasteiger charge is 2.18. The topological polar surface area (TPSA) is 44.1 Å². The number of hydrogen-bond acceptors (Lipinski definition) is 2. The third-order valence-corrected chi connectivity index (χ3v) is 6.60. The highest BCUT2D eigenvalue weighted by Crippen LogP contribution is 2.42. The van der Waals surface area contributed by atoms with Gasteiger partial charge in [-0.3, -0.25) is 0 Å². The van der Waals surface area contributed by atoms with Gasteiger partial charge in [-0.05, 0) is 36.4 Å². The van der Waals surface area contributed by atoms with Gasteiger partial charge < -0.3 is 14.7 Å². The molecule has 0 radical (unpaired) electrons. The van der Waals surface area contributed by atoms with Crippen molar-refractivity contribution in [2.75, 3.05) is 5.73 Å². The van der Waals surface area contributed by atoms with Crippen molar-refractivity contribution in [2.24, 2.45) is 0 Å². The quantitative estimate of drug-likeness (QED) is 0.286. The molecule has 2 aromatic heterocycles. The van der Waals surface area contributed by atoms with E-state index in [0.717, 1.165) is 44.4 Å². The van der Waals surface area contributed by atoms with Gasteiger partial charge in [-0.1, -0.05) is 72.8 Å². The molecule has 0 bridgehead atoms. The smallest absolute Gasteiger partial charge is 0.137 e. The van der Waals surface area contributed by atoms with E-state index < -0.39 is 0 Å². The summed E-state index contributed by atoms with van der Waals surface area (Å²) in [5, 5.41) is 4.50. The van der Waals surface area contributed by atoms with Crippen LogP contribution in [-0.4, -0.2) is 4.57 Å². The first kappa shape index (κ1) is 18.1. The Morgan fingerprint density at radius 1 is 0.515 bits per heavy atom. The molecule has 0 saturated heterocycles. The third-order valence-electron chi connectivity index (χ3n) is 6.60. The number of benzene rings is 5. The van der Waals surface area contributed by atoms with Gasteiger partial charge in [-0.25, -0.2) is 0 Å². The van der Waals surface area contributed by atoms with Crippen LogP contribution >= 0.6 is 0 Å². The fraction of sp³-hybridized carbons (Fsp3) is 0. The molecule has 3 heteroatoms. The summed E-state index contributed by atoms with van der Waals surface area (Å²) < 4.78 is 8.40. The Morgan fingerprint density at radius 3 is 1.88 bits per heavy atom. The van der Waals surface area contributed by atoms with E-state index in [1.807, 2.05) is 24.3 Å². The summed E-state index contributed by atoms with van der Waals surface area (Å²) in [6.45, 7) is 0. The van der Waals surface area contributed by atoms with Crippen molar-refractivity contribution < 1.29 is 4.42 Å². The van der Waals surface area contributed by atoms with Gasteiger partial charge in [0.1, 0.15) is 11.2 Å². The lowest BCUT2D eigenvalue weighted by Gasteiger charge is -2.15. The first-order valence-corrected chi connectivity index (χ1v) is 11.1. The fourth-order valence-electron chi connectivity index (χ4n) is 5.16. The predicted molar refractivity (Wildman–Crippen MR) is 138 cm³/mol. The van der Waals surface area contributed by atoms with E-state index in [1.165, 1.54) is 21.8 Å². The average Bonchev–Trinajstić information content (AvgIpc) is 3.41. The molecule has 7 aromatic rings. The van der Waals surface area contributed by atoms with Gasteiger partial charge in [0, 0.05) is 27.3 Å². The van der Waals surface area contributed by atoms with E-state index in [9.17, 15) is 0 Å². The SMILES string of the molecule is Nc1c(-c2ccccc2-n2c3ccccc3c3ccccc32)ccc2oc3ccccc3c12. The van der Waals surface area contributed by atoms with E-state index in [-0.39, 0.29) is 0 Å². The van der Waals surface area contributed by atoms with Crippen molar-refractivity contribution in [1.29, 1.82) is 0 Å². The second-order valence-electron chi connectivity index (χ2n) is 8.39. The zero-order chi connectivity index (χ0) is 21.9. The Morgan fingerprint density at radius 2 is 1.12 bits per heavy atom. The molecule has 33 heavy (non-hydrogen) atoms. The predicted octanol–water partition coefficient (Wildman–Crippen LogP) is 7.93. The van der Waals surface area contributed by atoms with Crippen LogP contribution < -0.4 is 5.73 Å². The molecule has 0 spiro atoms. The molecule has 5 aromatic carbocycles. The number of rotatable bonds is 2. The maximum atomic E-state index is 6.84. The van der Waals surface area contributed by atoms with Crippen LogP contribution in [0.3, 0.4) is 0 Å². The summed E-state index contributed by atoms with van der Waals surface area (Å²) in [4.78, 5) is 0. The summed E-state index contributed by atoms with van der Waals surface area (Å²) in [5.41, 5.74) is 14.8. The van der Waals surface area contributed by atoms with Gasteiger partial charge in [-0.2, -0.15) is 0 Å². The molecule has 7 rings (SSSR count). The number of para-hydroxylation sites is 4. The number of hydrogen-bond donors (Lipinski definition) is 1. The van der Waals surface area contributed by atoms with Crippen molar-refractivity contribution in [2.45, 2.75) is 0 Å². The van der Waals surface area contributed by atoms with E-state index in [0.29, 0.717) is 0 Å². The molecule has 0 atom stereocenters. The van der Waals surface area contributed by atoms with Crippen molar-refractivity contribution in [1.82, 2.24) is 4.57 Å². The van der Waals surface area contributed by atoms with Gasteiger partial charge >= 0.3 is 0 Å². The Kier molecular flexibility index (Phi) is 3.70. The molecule has 0 aliphatic carbocycles. The van der Waals surface area contributed by atoms with E-state index in [4.69, 9.17) is 10.2 Å². The molecule has 0 aliphatic rings. The van der Waals surface area contributed by atoms with Crippen molar-refractivity contribution in [3.8, 4) is 16.8 Å². The van der Waals surface area contributed by atoms with Gasteiger partial charge in [0.25, 0.3) is 0 Å². The molecule has 0 aliphatic heterocycles. The average molecular weight is 425 g/mol. The minimum Gasteiger partial charge on any atom is -0.456 e. The third kappa shape index (κ3) is 2.50. The summed E-state index contributed by atoms with van der Waals surface area (Å²) in [7, 11) is 0. The standard InChI is InChI=1S/C30H20N2O/c31-30-22(17-18-28-29(30)23-12-4-8-16-27(23)33-28)21-11-3-7-15-26(21)32-24-13-5-1-9-19(24)20-10-2-6-14-25(20)32/h1-18H,31H2. The van der Waals surface area contributed by atoms with Crippen LogP contribution in [0.4, 0.5) is 5.69 Å². The summed E-state index contributed by atoms with van der Waals surface area (Å²) >= 11 is 0. The Balaban J connectivity index is 1.58. The highest BCUT2D eigenvalue weighted by molar-refractivity contribution is 6.15. The van der Waals surface area contributed by atoms with Gasteiger partial charge in [0.2, 0.25) is 0 Å². The number of nitrogen functional groups attached to an aromatic ring is 1. The van der Waals surface area contributed by atoms with E-state index >= 15 is 0 Å². The first-order valence-electron chi connectivity index (χ1n) is 11.1. The number of aromatic nitrogens is 1. The van der Waals surface area contributed by atoms with E-state index in [1.54, 1.807) is 0 Å². The molecule has 2 N–H and O–H groups in total. The number of furan rings is 1. The van der Waals surface area contributed by atoms with Crippen LogP contribution in [0.1, 0.15) is 0 Å². The number of nitrogens with two attached hydrogens (primary N) is 1. The summed E-state index contributed by atoms with van der Waals surface area (Å²) in [6.07, 6.45) is 0. The monoisotopic (exact) mass is 424 g/mol. The van der Waals surface area contributed by atoms with Crippen molar-refractivity contribution >= 4 is 49.4 Å². The minimum absolute atomic E-state index is 0.741. The first-order chi connectivity index (χ1) is 16.3. The summed E-state index contributed by atoms with van der Waals surface area (Å²) in [6, 6.07) is 37.8. The fourth-order valence-corrected chi connectivity index (χ4v) is 5.16. The van der Waals surface area contributed by atoms with Crippen LogP contribution in [0.2, 0.25) is 0 Å². The van der Waals surface area contributed by atoms with Crippen molar-refractivity contribution in [3.63, 3.8) is 0 Å². The van der Waals surface area contributed by atoms with E-state index in [2.05, 4.69) is 89.5 Å². The molecular formula is C30H20N2O. The van der Waals surface area contributed by atoms with Crippen LogP contribution in [0.15, 0.2) is 114 Å². The zero-order valence-corrected chi connectivity index (χ0v) is 17.8. The molecule has 2 heterocycles. The largest absolute Gasteiger partial charge is 0.456 e. The number of anilines is 1. The lowest BCUT2D eigenvalue weighted by atomic mass is 9.98. The van der Waals surface area contributed by atoms with Crippen LogP contribution in [-0.2, 0) is 0 Å². The van der Waals surface area contributed by atoms with Gasteiger partial charge in [-0.15, -0.1) is 0 Å². The van der Waals surface area contributed by atoms with Gasteiger partial charge in [0.05, 0.1) is 27.8 Å². The van der Waals surface area contributed by atoms with Crippen molar-refractivity contribution in [3.05, 3.63) is 109 Å². The molecule has 0 saturated carbocycles. The van der Waals surface area contributed by atoms with Crippen LogP contribution in [0.5, 0.6) is 0 Å². The maximum absolute atomic E-state index is 6.84. The normalized spacial score (nSPS) is 11.8. The number of fused-ring (bicyclic) bond motifs is 6. The Labute approximate surface area is 190 Å². The molecule has 0 unspecified atom stereocenters. The molecule has 156 valence electrons. The second-order valence-corrected chi connectivity index (χ2v) is 8.39. The Bertz CT molecular complexity index is 1780. The lowest BCUT2D eigenvalue weighted by molar-refractivity contribution is 0.669. The minimum atomic E-state index is 0.741. The summed E-state index contributed by atoms with van der Waals surface area (Å²) in [5.74, 6) is 0. The second kappa shape index (κ2) is 6.75. The Hall–Kier alpha value is -4.50. The van der Waals surface area contributed by atoms with Crippen LogP contribution in [0.25, 0.3) is 60.6 Å². The number of nitrogens with zero attached hydrogens (tertiary/aromatic N) is 1.